The van der Waals surface area contributed by atoms with E-state index in [2.05, 4.69) is 105 Å². The third-order valence-corrected chi connectivity index (χ3v) is 15.9. The van der Waals surface area contributed by atoms with Gasteiger partial charge >= 0.3 is 0 Å². The zero-order chi connectivity index (χ0) is 43.6. The number of nitrogens with zero attached hydrogens (tertiary/aromatic N) is 7. The first-order chi connectivity index (χ1) is 26.5. The summed E-state index contributed by atoms with van der Waals surface area (Å²) in [6.45, 7) is 37.1. The van der Waals surface area contributed by atoms with Crippen molar-refractivity contribution in [1.82, 2.24) is 19.0 Å². The first-order valence-electron chi connectivity index (χ1n) is 22.3. The van der Waals surface area contributed by atoms with Gasteiger partial charge in [0.1, 0.15) is 6.42 Å². The molecule has 11 heteroatoms. The minimum absolute atomic E-state index is 0.00458. The second-order valence-corrected chi connectivity index (χ2v) is 21.7. The molecule has 10 nitrogen and oxygen atoms in total. The first kappa shape index (κ1) is 52.8. The molecule has 0 aromatic heterocycles. The summed E-state index contributed by atoms with van der Waals surface area (Å²) in [7, 11) is -2.97. The van der Waals surface area contributed by atoms with Crippen LogP contribution in [0.25, 0.3) is 0 Å². The van der Waals surface area contributed by atoms with E-state index in [0.717, 1.165) is 69.1 Å². The molecular formula is C46H85N7O3S. The van der Waals surface area contributed by atoms with Gasteiger partial charge in [0.25, 0.3) is 0 Å². The number of carbonyl (C=O) groups excluding carboxylic acids is 1. The van der Waals surface area contributed by atoms with Crippen molar-refractivity contribution < 1.29 is 13.2 Å². The summed E-state index contributed by atoms with van der Waals surface area (Å²) in [4.78, 5) is 18.3. The van der Waals surface area contributed by atoms with Gasteiger partial charge in [-0.3, -0.25) is 4.79 Å². The fraction of sp³-hybridized carbons (Fsp3) is 0.913. The number of rotatable bonds is 10. The Bertz CT molecular complexity index is 1390. The monoisotopic (exact) mass is 816 g/mol. The van der Waals surface area contributed by atoms with Crippen LogP contribution in [0, 0.1) is 92.2 Å². The highest BCUT2D eigenvalue weighted by Crippen LogP contribution is 2.39. The lowest BCUT2D eigenvalue weighted by Gasteiger charge is -2.42. The Hall–Kier alpha value is -2.23. The van der Waals surface area contributed by atoms with E-state index in [-0.39, 0.29) is 12.3 Å². The van der Waals surface area contributed by atoms with Gasteiger partial charge < -0.3 is 14.7 Å². The van der Waals surface area contributed by atoms with E-state index in [1.54, 1.807) is 4.31 Å². The number of nitriles is 3. The van der Waals surface area contributed by atoms with Gasteiger partial charge in [0, 0.05) is 58.7 Å². The van der Waals surface area contributed by atoms with Crippen molar-refractivity contribution in [2.24, 2.45) is 58.2 Å². The number of hydrogen-bond acceptors (Lipinski definition) is 8. The van der Waals surface area contributed by atoms with Gasteiger partial charge in [-0.15, -0.1) is 0 Å². The molecule has 4 aliphatic rings. The Morgan fingerprint density at radius 1 is 0.649 bits per heavy atom. The highest BCUT2D eigenvalue weighted by Gasteiger charge is 2.36. The largest absolute Gasteiger partial charge is 0.342 e. The van der Waals surface area contributed by atoms with E-state index in [4.69, 9.17) is 15.8 Å². The van der Waals surface area contributed by atoms with Gasteiger partial charge in [-0.05, 0) is 116 Å². The van der Waals surface area contributed by atoms with E-state index < -0.39 is 10.0 Å². The van der Waals surface area contributed by atoms with Crippen LogP contribution in [0.4, 0.5) is 0 Å². The Labute approximate surface area is 351 Å². The zero-order valence-electron chi connectivity index (χ0n) is 38.8. The molecule has 4 atom stereocenters. The Morgan fingerprint density at radius 3 is 1.53 bits per heavy atom. The number of hydrogen-bond donors (Lipinski definition) is 0. The highest BCUT2D eigenvalue weighted by atomic mass is 32.2. The number of piperidine rings is 4. The fourth-order valence-electron chi connectivity index (χ4n) is 9.00. The average Bonchev–Trinajstić information content (AvgIpc) is 3.14. The molecule has 0 bridgehead atoms. The lowest BCUT2D eigenvalue weighted by atomic mass is 9.72. The molecule has 0 N–H and O–H groups in total. The minimum atomic E-state index is -2.97. The molecule has 4 heterocycles. The van der Waals surface area contributed by atoms with Crippen LogP contribution < -0.4 is 0 Å². The van der Waals surface area contributed by atoms with Crippen molar-refractivity contribution in [2.75, 3.05) is 71.7 Å². The third-order valence-electron chi connectivity index (χ3n) is 14.6. The van der Waals surface area contributed by atoms with Crippen molar-refractivity contribution in [2.45, 2.75) is 141 Å². The molecule has 328 valence electrons. The van der Waals surface area contributed by atoms with E-state index in [1.807, 2.05) is 11.0 Å². The second kappa shape index (κ2) is 25.4. The Balaban J connectivity index is 0.000000380. The molecule has 0 aromatic carbocycles. The lowest BCUT2D eigenvalue weighted by Crippen LogP contribution is -2.44. The maximum Gasteiger partial charge on any atom is 0.236 e. The van der Waals surface area contributed by atoms with Crippen molar-refractivity contribution in [1.29, 1.82) is 15.8 Å². The number of carbonyl (C=O) groups is 1. The molecule has 1 amide bonds. The van der Waals surface area contributed by atoms with E-state index in [0.29, 0.717) is 60.4 Å². The van der Waals surface area contributed by atoms with E-state index in [9.17, 15) is 13.2 Å². The predicted molar refractivity (Wildman–Crippen MR) is 235 cm³/mol. The van der Waals surface area contributed by atoms with Crippen LogP contribution in [0.2, 0.25) is 0 Å². The molecular weight excluding hydrogens is 731 g/mol. The Kier molecular flexibility index (Phi) is 23.5. The fourth-order valence-corrected chi connectivity index (χ4v) is 9.85. The van der Waals surface area contributed by atoms with Gasteiger partial charge in [0.2, 0.25) is 15.9 Å². The van der Waals surface area contributed by atoms with Crippen LogP contribution in [-0.4, -0.2) is 105 Å². The van der Waals surface area contributed by atoms with Crippen molar-refractivity contribution >= 4 is 15.9 Å². The van der Waals surface area contributed by atoms with Gasteiger partial charge in [-0.2, -0.15) is 15.8 Å². The normalized spacial score (nSPS) is 25.5. The van der Waals surface area contributed by atoms with Crippen LogP contribution in [0.15, 0.2) is 0 Å². The van der Waals surface area contributed by atoms with Gasteiger partial charge in [-0.1, -0.05) is 83.1 Å². The van der Waals surface area contributed by atoms with E-state index in [1.165, 1.54) is 51.7 Å². The first-order valence-corrected chi connectivity index (χ1v) is 24.2. The molecule has 0 radical (unpaired) electrons. The summed E-state index contributed by atoms with van der Waals surface area (Å²) in [5.41, 5.74) is 0.852. The summed E-state index contributed by atoms with van der Waals surface area (Å²) in [6.07, 6.45) is 9.60. The Morgan fingerprint density at radius 2 is 1.12 bits per heavy atom. The van der Waals surface area contributed by atoms with Crippen molar-refractivity contribution in [3.63, 3.8) is 0 Å². The van der Waals surface area contributed by atoms with Crippen LogP contribution in [0.5, 0.6) is 0 Å². The number of sulfonamides is 1. The summed E-state index contributed by atoms with van der Waals surface area (Å²) in [6, 6.07) is 6.37. The SMILES string of the molecule is CC(C)C1(C)CCN(CCC#N)CC1.CC(C)C1(C)CCN(S(C)(=O)=O)CC1.CC(C)C1CCN(CCC#N)CC1C.CC(C)C1CN(C(=O)CC#N)CCC1C. The van der Waals surface area contributed by atoms with Crippen molar-refractivity contribution in [3.8, 4) is 18.2 Å². The molecule has 4 aliphatic heterocycles. The summed E-state index contributed by atoms with van der Waals surface area (Å²) in [5.74, 6) is 5.77. The topological polar surface area (TPSA) is 136 Å². The van der Waals surface area contributed by atoms with Gasteiger partial charge in [0.05, 0.1) is 24.5 Å². The number of amides is 1. The summed E-state index contributed by atoms with van der Waals surface area (Å²) in [5, 5.41) is 25.5. The third kappa shape index (κ3) is 18.3. The minimum Gasteiger partial charge on any atom is -0.342 e. The van der Waals surface area contributed by atoms with Crippen molar-refractivity contribution in [3.05, 3.63) is 0 Å². The number of likely N-dealkylation sites (tertiary alicyclic amines) is 3. The maximum absolute atomic E-state index is 11.6. The molecule has 0 aromatic rings. The molecule has 4 unspecified atom stereocenters. The molecule has 57 heavy (non-hydrogen) atoms. The van der Waals surface area contributed by atoms with Crippen LogP contribution >= 0.6 is 0 Å². The quantitative estimate of drug-likeness (QED) is 0.213. The van der Waals surface area contributed by atoms with Crippen LogP contribution in [0.1, 0.15) is 141 Å². The predicted octanol–water partition coefficient (Wildman–Crippen LogP) is 8.92. The zero-order valence-corrected chi connectivity index (χ0v) is 39.6. The van der Waals surface area contributed by atoms with Gasteiger partial charge in [0.15, 0.2) is 0 Å². The standard InChI is InChI=1S/C12H20N2O.2C12H22N2.C10H21NO2S/c1-9(2)11-8-14(7-5-10(11)3)12(15)4-6-13;1-11(2)12(3)5-9-14(10-6-12)8-4-7-13;1-10(2)12-5-8-14(7-4-6-13)9-11(12)3;1-9(2)10(3)5-7-11(8-6-10)14(4,12)13/h9-11H,4-5,7-8H2,1-3H3;11H,4-6,8-10H2,1-3H3;10-12H,4-5,7-9H2,1-3H3;9H,5-8H2,1-4H3. The lowest BCUT2D eigenvalue weighted by molar-refractivity contribution is -0.133. The van der Waals surface area contributed by atoms with Crippen LogP contribution in [0.3, 0.4) is 0 Å². The van der Waals surface area contributed by atoms with E-state index >= 15 is 0 Å². The maximum atomic E-state index is 11.6. The average molecular weight is 816 g/mol. The summed E-state index contributed by atoms with van der Waals surface area (Å²) >= 11 is 0. The summed E-state index contributed by atoms with van der Waals surface area (Å²) < 4.78 is 24.2. The molecule has 0 aliphatic carbocycles. The second-order valence-electron chi connectivity index (χ2n) is 19.8. The van der Waals surface area contributed by atoms with Gasteiger partial charge in [-0.25, -0.2) is 12.7 Å². The molecule has 0 spiro atoms. The smallest absolute Gasteiger partial charge is 0.236 e. The molecule has 4 fully saturated rings. The molecule has 0 saturated carbocycles. The highest BCUT2D eigenvalue weighted by molar-refractivity contribution is 7.88. The molecule has 4 rings (SSSR count). The van der Waals surface area contributed by atoms with Crippen LogP contribution in [-0.2, 0) is 14.8 Å². The molecule has 4 saturated heterocycles.